The Kier molecular flexibility index (Phi) is 2.36. The van der Waals surface area contributed by atoms with E-state index in [2.05, 4.69) is 15.9 Å². The highest BCUT2D eigenvalue weighted by Gasteiger charge is 2.26. The van der Waals surface area contributed by atoms with Crippen LogP contribution < -0.4 is 10.6 Å². The van der Waals surface area contributed by atoms with Crippen molar-refractivity contribution in [3.63, 3.8) is 0 Å². The van der Waals surface area contributed by atoms with Crippen LogP contribution in [0.25, 0.3) is 0 Å². The average molecular weight is 261 g/mol. The van der Waals surface area contributed by atoms with Crippen molar-refractivity contribution in [2.75, 3.05) is 23.7 Å². The summed E-state index contributed by atoms with van der Waals surface area (Å²) in [5, 5.41) is 9.13. The molecule has 0 aliphatic carbocycles. The summed E-state index contributed by atoms with van der Waals surface area (Å²) in [6.07, 6.45) is -0.293. The minimum atomic E-state index is -0.368. The zero-order chi connectivity index (χ0) is 10.3. The van der Waals surface area contributed by atoms with Gasteiger partial charge < -0.3 is 15.7 Å². The van der Waals surface area contributed by atoms with Gasteiger partial charge in [0.15, 0.2) is 0 Å². The van der Waals surface area contributed by atoms with Gasteiger partial charge in [-0.3, -0.25) is 0 Å². The van der Waals surface area contributed by atoms with Gasteiger partial charge in [0.1, 0.15) is 5.82 Å². The third-order valence-electron chi connectivity index (χ3n) is 2.27. The minimum Gasteiger partial charge on any atom is -0.397 e. The van der Waals surface area contributed by atoms with Gasteiger partial charge in [-0.05, 0) is 22.0 Å². The Morgan fingerprint density at radius 2 is 2.14 bits per heavy atom. The van der Waals surface area contributed by atoms with Crippen molar-refractivity contribution in [3.8, 4) is 0 Å². The molecule has 1 aliphatic heterocycles. The lowest BCUT2D eigenvalue weighted by Gasteiger charge is -2.38. The topological polar surface area (TPSA) is 49.5 Å². The highest BCUT2D eigenvalue weighted by Crippen LogP contribution is 2.32. The van der Waals surface area contributed by atoms with Crippen LogP contribution in [-0.4, -0.2) is 24.3 Å². The number of nitrogen functional groups attached to an aromatic ring is 1. The Morgan fingerprint density at radius 3 is 2.71 bits per heavy atom. The Morgan fingerprint density at radius 1 is 1.50 bits per heavy atom. The summed E-state index contributed by atoms with van der Waals surface area (Å²) in [6, 6.07) is 2.92. The Hall–Kier alpha value is -0.810. The summed E-state index contributed by atoms with van der Waals surface area (Å²) in [5.41, 5.74) is 6.83. The predicted molar refractivity (Wildman–Crippen MR) is 56.7 cm³/mol. The van der Waals surface area contributed by atoms with E-state index in [-0.39, 0.29) is 11.9 Å². The maximum absolute atomic E-state index is 13.0. The third-order valence-corrected chi connectivity index (χ3v) is 2.88. The number of aliphatic hydroxyl groups is 1. The van der Waals surface area contributed by atoms with Crippen LogP contribution in [0.5, 0.6) is 0 Å². The fourth-order valence-electron chi connectivity index (χ4n) is 1.48. The number of anilines is 2. The molecule has 2 rings (SSSR count). The van der Waals surface area contributed by atoms with E-state index in [1.54, 1.807) is 6.07 Å². The summed E-state index contributed by atoms with van der Waals surface area (Å²) in [7, 11) is 0. The van der Waals surface area contributed by atoms with E-state index in [1.165, 1.54) is 6.07 Å². The van der Waals surface area contributed by atoms with Crippen molar-refractivity contribution in [2.45, 2.75) is 6.10 Å². The fourth-order valence-corrected chi connectivity index (χ4v) is 1.81. The first-order valence-electron chi connectivity index (χ1n) is 4.25. The number of β-amino-alcohol motifs (C(OH)–C–C–N with tert-alkyl or cyclic N) is 1. The Bertz CT molecular complexity index is 366. The third kappa shape index (κ3) is 1.57. The van der Waals surface area contributed by atoms with Gasteiger partial charge >= 0.3 is 0 Å². The number of hydrogen-bond donors (Lipinski definition) is 2. The van der Waals surface area contributed by atoms with E-state index in [4.69, 9.17) is 10.8 Å². The molecule has 5 heteroatoms. The van der Waals surface area contributed by atoms with Crippen molar-refractivity contribution >= 4 is 27.3 Å². The minimum absolute atomic E-state index is 0.293. The van der Waals surface area contributed by atoms with Crippen molar-refractivity contribution < 1.29 is 9.50 Å². The van der Waals surface area contributed by atoms with Crippen molar-refractivity contribution in [1.29, 1.82) is 0 Å². The molecule has 1 heterocycles. The van der Waals surface area contributed by atoms with Crippen LogP contribution in [0.3, 0.4) is 0 Å². The number of nitrogens with two attached hydrogens (primary N) is 1. The molecule has 1 fully saturated rings. The van der Waals surface area contributed by atoms with Crippen LogP contribution in [-0.2, 0) is 0 Å². The summed E-state index contributed by atoms with van der Waals surface area (Å²) in [5.74, 6) is -0.368. The first-order chi connectivity index (χ1) is 6.58. The SMILES string of the molecule is Nc1cc(F)c(Br)cc1N1CC(O)C1. The van der Waals surface area contributed by atoms with Gasteiger partial charge in [-0.2, -0.15) is 0 Å². The monoisotopic (exact) mass is 260 g/mol. The zero-order valence-corrected chi connectivity index (χ0v) is 8.96. The maximum Gasteiger partial charge on any atom is 0.139 e. The second kappa shape index (κ2) is 3.40. The normalized spacial score (nSPS) is 16.9. The van der Waals surface area contributed by atoms with E-state index in [9.17, 15) is 4.39 Å². The number of benzene rings is 1. The predicted octanol–water partition coefficient (Wildman–Crippen LogP) is 1.35. The molecule has 0 atom stereocenters. The Balaban J connectivity index is 2.30. The number of aliphatic hydroxyl groups excluding tert-OH is 1. The maximum atomic E-state index is 13.0. The second-order valence-electron chi connectivity index (χ2n) is 3.38. The molecule has 1 aromatic carbocycles. The molecule has 0 amide bonds. The number of halogens is 2. The van der Waals surface area contributed by atoms with E-state index in [1.807, 2.05) is 4.90 Å². The first kappa shape index (κ1) is 9.73. The molecule has 1 saturated heterocycles. The van der Waals surface area contributed by atoms with Gasteiger partial charge in [-0.15, -0.1) is 0 Å². The van der Waals surface area contributed by atoms with Gasteiger partial charge in [0.2, 0.25) is 0 Å². The molecule has 3 N–H and O–H groups in total. The quantitative estimate of drug-likeness (QED) is 0.750. The smallest absolute Gasteiger partial charge is 0.139 e. The lowest BCUT2D eigenvalue weighted by molar-refractivity contribution is 0.142. The van der Waals surface area contributed by atoms with Gasteiger partial charge in [-0.1, -0.05) is 0 Å². The molecule has 0 saturated carbocycles. The van der Waals surface area contributed by atoms with Crippen molar-refractivity contribution in [2.24, 2.45) is 0 Å². The fraction of sp³-hybridized carbons (Fsp3) is 0.333. The summed E-state index contributed by atoms with van der Waals surface area (Å²) < 4.78 is 13.4. The van der Waals surface area contributed by atoms with E-state index in [0.717, 1.165) is 5.69 Å². The molecular formula is C9H10BrFN2O. The molecule has 3 nitrogen and oxygen atoms in total. The summed E-state index contributed by atoms with van der Waals surface area (Å²) in [6.45, 7) is 1.12. The Labute approximate surface area is 89.4 Å². The van der Waals surface area contributed by atoms with Gasteiger partial charge in [0, 0.05) is 19.2 Å². The van der Waals surface area contributed by atoms with Crippen LogP contribution in [0.4, 0.5) is 15.8 Å². The van der Waals surface area contributed by atoms with E-state index in [0.29, 0.717) is 23.2 Å². The van der Waals surface area contributed by atoms with Crippen LogP contribution in [0.1, 0.15) is 0 Å². The lowest BCUT2D eigenvalue weighted by atomic mass is 10.1. The highest BCUT2D eigenvalue weighted by molar-refractivity contribution is 9.10. The van der Waals surface area contributed by atoms with Crippen LogP contribution >= 0.6 is 15.9 Å². The van der Waals surface area contributed by atoms with Gasteiger partial charge in [0.05, 0.1) is 22.0 Å². The molecule has 1 aliphatic rings. The van der Waals surface area contributed by atoms with Crippen molar-refractivity contribution in [1.82, 2.24) is 0 Å². The summed E-state index contributed by atoms with van der Waals surface area (Å²) >= 11 is 3.10. The zero-order valence-electron chi connectivity index (χ0n) is 7.37. The molecule has 1 aromatic rings. The average Bonchev–Trinajstić information content (AvgIpc) is 2.07. The molecule has 0 spiro atoms. The molecule has 0 unspecified atom stereocenters. The van der Waals surface area contributed by atoms with E-state index >= 15 is 0 Å². The lowest BCUT2D eigenvalue weighted by Crippen LogP contribution is -2.51. The van der Waals surface area contributed by atoms with Crippen LogP contribution in [0.2, 0.25) is 0 Å². The standard InChI is InChI=1S/C9H10BrFN2O/c10-6-1-9(8(12)2-7(6)11)13-3-5(14)4-13/h1-2,5,14H,3-4,12H2. The van der Waals surface area contributed by atoms with Gasteiger partial charge in [0.25, 0.3) is 0 Å². The number of hydrogen-bond acceptors (Lipinski definition) is 3. The second-order valence-corrected chi connectivity index (χ2v) is 4.24. The molecular weight excluding hydrogens is 251 g/mol. The molecule has 0 bridgehead atoms. The molecule has 0 radical (unpaired) electrons. The summed E-state index contributed by atoms with van der Waals surface area (Å²) in [4.78, 5) is 1.91. The highest BCUT2D eigenvalue weighted by atomic mass is 79.9. The van der Waals surface area contributed by atoms with Crippen molar-refractivity contribution in [3.05, 3.63) is 22.4 Å². The van der Waals surface area contributed by atoms with Crippen LogP contribution in [0.15, 0.2) is 16.6 Å². The molecule has 14 heavy (non-hydrogen) atoms. The number of rotatable bonds is 1. The van der Waals surface area contributed by atoms with Gasteiger partial charge in [-0.25, -0.2) is 4.39 Å². The largest absolute Gasteiger partial charge is 0.397 e. The first-order valence-corrected chi connectivity index (χ1v) is 5.05. The number of nitrogens with zero attached hydrogens (tertiary/aromatic N) is 1. The molecule has 0 aromatic heterocycles. The van der Waals surface area contributed by atoms with Crippen LogP contribution in [0, 0.1) is 5.82 Å². The molecule has 76 valence electrons. The van der Waals surface area contributed by atoms with E-state index < -0.39 is 0 Å².